The number of amides is 1. The standard InChI is InChI=1S/C29H29N3O6S/c1-20-12-13-21(17-27(20)39(35,36)32-14-6-2-3-7-15-32)30-28(33)19-38-29(34)23-18-25(26-11-8-16-37-26)31-24-10-5-4-9-22(23)24/h4-5,8-13,16-18H,2-3,6-7,14-15,19H2,1H3,(H,30,33). The molecule has 1 N–H and O–H groups in total. The SMILES string of the molecule is Cc1ccc(NC(=O)COC(=O)c2cc(-c3ccco3)nc3ccccc23)cc1S(=O)(=O)N1CCCCCC1. The maximum atomic E-state index is 13.3. The monoisotopic (exact) mass is 547 g/mol. The molecule has 39 heavy (non-hydrogen) atoms. The molecule has 9 nitrogen and oxygen atoms in total. The van der Waals surface area contributed by atoms with Crippen molar-refractivity contribution >= 4 is 38.5 Å². The Morgan fingerprint density at radius 3 is 2.51 bits per heavy atom. The summed E-state index contributed by atoms with van der Waals surface area (Å²) in [5.41, 5.74) is 2.21. The molecule has 1 saturated heterocycles. The van der Waals surface area contributed by atoms with Gasteiger partial charge in [-0.2, -0.15) is 4.31 Å². The fourth-order valence-corrected chi connectivity index (χ4v) is 6.45. The summed E-state index contributed by atoms with van der Waals surface area (Å²) < 4.78 is 38.9. The van der Waals surface area contributed by atoms with Gasteiger partial charge in [0.2, 0.25) is 10.0 Å². The number of para-hydroxylation sites is 1. The molecule has 2 aromatic heterocycles. The van der Waals surface area contributed by atoms with E-state index in [-0.39, 0.29) is 10.5 Å². The van der Waals surface area contributed by atoms with Gasteiger partial charge in [-0.15, -0.1) is 0 Å². The molecular formula is C29H29N3O6S. The number of carbonyl (C=O) groups is 2. The van der Waals surface area contributed by atoms with Crippen molar-refractivity contribution in [1.82, 2.24) is 9.29 Å². The van der Waals surface area contributed by atoms with Crippen molar-refractivity contribution in [2.75, 3.05) is 25.0 Å². The van der Waals surface area contributed by atoms with E-state index < -0.39 is 28.5 Å². The maximum absolute atomic E-state index is 13.3. The van der Waals surface area contributed by atoms with E-state index in [9.17, 15) is 18.0 Å². The fourth-order valence-electron chi connectivity index (χ4n) is 4.68. The second-order valence-electron chi connectivity index (χ2n) is 9.47. The molecule has 10 heteroatoms. The Kier molecular flexibility index (Phi) is 7.76. The Balaban J connectivity index is 1.30. The molecule has 0 aliphatic carbocycles. The number of hydrogen-bond acceptors (Lipinski definition) is 7. The summed E-state index contributed by atoms with van der Waals surface area (Å²) in [5, 5.41) is 3.23. The van der Waals surface area contributed by atoms with Gasteiger partial charge in [0, 0.05) is 24.2 Å². The zero-order valence-corrected chi connectivity index (χ0v) is 22.4. The van der Waals surface area contributed by atoms with Gasteiger partial charge in [0.1, 0.15) is 5.69 Å². The smallest absolute Gasteiger partial charge is 0.339 e. The number of pyridine rings is 1. The maximum Gasteiger partial charge on any atom is 0.339 e. The largest absolute Gasteiger partial charge is 0.463 e. The highest BCUT2D eigenvalue weighted by atomic mass is 32.2. The number of ether oxygens (including phenoxy) is 1. The van der Waals surface area contributed by atoms with Crippen LogP contribution >= 0.6 is 0 Å². The summed E-state index contributed by atoms with van der Waals surface area (Å²) in [5.74, 6) is -0.780. The van der Waals surface area contributed by atoms with Crippen molar-refractivity contribution in [2.24, 2.45) is 0 Å². The van der Waals surface area contributed by atoms with Crippen LogP contribution in [0.25, 0.3) is 22.4 Å². The van der Waals surface area contributed by atoms with Crippen molar-refractivity contribution < 1.29 is 27.2 Å². The fraction of sp³-hybridized carbons (Fsp3) is 0.276. The summed E-state index contributed by atoms with van der Waals surface area (Å²) in [6, 6.07) is 16.9. The number of nitrogens with one attached hydrogen (secondary N) is 1. The van der Waals surface area contributed by atoms with Gasteiger partial charge < -0.3 is 14.5 Å². The van der Waals surface area contributed by atoms with Crippen LogP contribution in [0.15, 0.2) is 76.2 Å². The third-order valence-corrected chi connectivity index (χ3v) is 8.74. The van der Waals surface area contributed by atoms with Gasteiger partial charge in [-0.3, -0.25) is 4.79 Å². The van der Waals surface area contributed by atoms with Gasteiger partial charge in [-0.25, -0.2) is 18.2 Å². The quantitative estimate of drug-likeness (QED) is 0.317. The second-order valence-corrected chi connectivity index (χ2v) is 11.4. The molecule has 0 spiro atoms. The van der Waals surface area contributed by atoms with E-state index >= 15 is 0 Å². The molecule has 1 aliphatic heterocycles. The van der Waals surface area contributed by atoms with E-state index in [1.54, 1.807) is 55.5 Å². The highest BCUT2D eigenvalue weighted by molar-refractivity contribution is 7.89. The van der Waals surface area contributed by atoms with Crippen LogP contribution in [0.3, 0.4) is 0 Å². The number of rotatable bonds is 7. The number of hydrogen-bond donors (Lipinski definition) is 1. The number of aryl methyl sites for hydroxylation is 1. The van der Waals surface area contributed by atoms with Crippen LogP contribution in [0.4, 0.5) is 5.69 Å². The first-order chi connectivity index (χ1) is 18.8. The predicted molar refractivity (Wildman–Crippen MR) is 147 cm³/mol. The summed E-state index contributed by atoms with van der Waals surface area (Å²) in [6.07, 6.45) is 5.20. The minimum absolute atomic E-state index is 0.160. The Morgan fingerprint density at radius 2 is 1.77 bits per heavy atom. The number of nitrogens with zero attached hydrogens (tertiary/aromatic N) is 2. The van der Waals surface area contributed by atoms with Crippen LogP contribution < -0.4 is 5.32 Å². The van der Waals surface area contributed by atoms with Crippen LogP contribution in [-0.2, 0) is 19.6 Å². The van der Waals surface area contributed by atoms with Crippen LogP contribution in [0.1, 0.15) is 41.6 Å². The minimum Gasteiger partial charge on any atom is -0.463 e. The second kappa shape index (κ2) is 11.4. The number of furan rings is 1. The van der Waals surface area contributed by atoms with Crippen LogP contribution in [-0.4, -0.2) is 49.3 Å². The van der Waals surface area contributed by atoms with Crippen LogP contribution in [0, 0.1) is 6.92 Å². The summed E-state index contributed by atoms with van der Waals surface area (Å²) in [7, 11) is -3.70. The highest BCUT2D eigenvalue weighted by Gasteiger charge is 2.27. The lowest BCUT2D eigenvalue weighted by Gasteiger charge is -2.21. The molecule has 0 unspecified atom stereocenters. The first kappa shape index (κ1) is 26.6. The summed E-state index contributed by atoms with van der Waals surface area (Å²) >= 11 is 0. The molecule has 1 amide bonds. The Hall–Kier alpha value is -4.02. The Bertz CT molecular complexity index is 1610. The molecule has 1 aliphatic rings. The van der Waals surface area contributed by atoms with E-state index in [4.69, 9.17) is 9.15 Å². The molecular weight excluding hydrogens is 518 g/mol. The van der Waals surface area contributed by atoms with E-state index in [1.807, 2.05) is 6.07 Å². The molecule has 3 heterocycles. The van der Waals surface area contributed by atoms with Gasteiger partial charge in [0.25, 0.3) is 5.91 Å². The highest BCUT2D eigenvalue weighted by Crippen LogP contribution is 2.27. The lowest BCUT2D eigenvalue weighted by atomic mass is 10.1. The van der Waals surface area contributed by atoms with Gasteiger partial charge in [-0.05, 0) is 61.7 Å². The molecule has 0 atom stereocenters. The third-order valence-electron chi connectivity index (χ3n) is 6.70. The summed E-state index contributed by atoms with van der Waals surface area (Å²) in [4.78, 5) is 30.4. The molecule has 2 aromatic carbocycles. The average molecular weight is 548 g/mol. The lowest BCUT2D eigenvalue weighted by Crippen LogP contribution is -2.32. The lowest BCUT2D eigenvalue weighted by molar-refractivity contribution is -0.119. The zero-order chi connectivity index (χ0) is 27.4. The molecule has 5 rings (SSSR count). The zero-order valence-electron chi connectivity index (χ0n) is 21.6. The predicted octanol–water partition coefficient (Wildman–Crippen LogP) is 5.16. The number of sulfonamides is 1. The number of aromatic nitrogens is 1. The van der Waals surface area contributed by atoms with Gasteiger partial charge in [0.05, 0.1) is 22.2 Å². The number of benzene rings is 2. The summed E-state index contributed by atoms with van der Waals surface area (Å²) in [6.45, 7) is 2.15. The van der Waals surface area contributed by atoms with Gasteiger partial charge in [-0.1, -0.05) is 37.1 Å². The van der Waals surface area contributed by atoms with E-state index in [2.05, 4.69) is 10.3 Å². The molecule has 1 fully saturated rings. The number of fused-ring (bicyclic) bond motifs is 1. The van der Waals surface area contributed by atoms with Crippen molar-refractivity contribution in [1.29, 1.82) is 0 Å². The van der Waals surface area contributed by atoms with E-state index in [0.29, 0.717) is 46.7 Å². The Labute approximate surface area is 226 Å². The number of esters is 1. The van der Waals surface area contributed by atoms with E-state index in [1.165, 1.54) is 16.6 Å². The van der Waals surface area contributed by atoms with Crippen molar-refractivity contribution in [2.45, 2.75) is 37.5 Å². The third kappa shape index (κ3) is 5.86. The first-order valence-corrected chi connectivity index (χ1v) is 14.3. The molecule has 0 radical (unpaired) electrons. The average Bonchev–Trinajstić information content (AvgIpc) is 3.33. The number of anilines is 1. The molecule has 4 aromatic rings. The molecule has 0 saturated carbocycles. The van der Waals surface area contributed by atoms with Crippen molar-refractivity contribution in [3.63, 3.8) is 0 Å². The van der Waals surface area contributed by atoms with Crippen molar-refractivity contribution in [3.8, 4) is 11.5 Å². The van der Waals surface area contributed by atoms with Crippen molar-refractivity contribution in [3.05, 3.63) is 78.1 Å². The Morgan fingerprint density at radius 1 is 1.00 bits per heavy atom. The van der Waals surface area contributed by atoms with Crippen LogP contribution in [0.2, 0.25) is 0 Å². The molecule has 202 valence electrons. The topological polar surface area (TPSA) is 119 Å². The molecule has 0 bridgehead atoms. The number of carbonyl (C=O) groups excluding carboxylic acids is 2. The van der Waals surface area contributed by atoms with Crippen LogP contribution in [0.5, 0.6) is 0 Å². The first-order valence-electron chi connectivity index (χ1n) is 12.8. The van der Waals surface area contributed by atoms with E-state index in [0.717, 1.165) is 25.7 Å². The van der Waals surface area contributed by atoms with Gasteiger partial charge in [0.15, 0.2) is 12.4 Å². The minimum atomic E-state index is -3.70. The van der Waals surface area contributed by atoms with Gasteiger partial charge >= 0.3 is 5.97 Å². The normalized spacial score (nSPS) is 14.6.